The van der Waals surface area contributed by atoms with Crippen LogP contribution in [-0.4, -0.2) is 18.2 Å². The van der Waals surface area contributed by atoms with Gasteiger partial charge < -0.3 is 15.8 Å². The van der Waals surface area contributed by atoms with Gasteiger partial charge in [0.05, 0.1) is 0 Å². The predicted octanol–water partition coefficient (Wildman–Crippen LogP) is 2.82. The molecule has 4 nitrogen and oxygen atoms in total. The minimum atomic E-state index is -0.321. The molecule has 1 aromatic carbocycles. The minimum absolute atomic E-state index is 0.230. The molecular formula is C16H24N2O2. The van der Waals surface area contributed by atoms with Crippen molar-refractivity contribution in [2.75, 3.05) is 0 Å². The Kier molecular flexibility index (Phi) is 5.41. The van der Waals surface area contributed by atoms with Crippen LogP contribution in [0.15, 0.2) is 30.3 Å². The summed E-state index contributed by atoms with van der Waals surface area (Å²) in [6.45, 7) is 2.38. The Bertz CT molecular complexity index is 412. The number of rotatable bonds is 4. The SMILES string of the molecule is C[C@@H](N)C1CCC(NC(=O)OCc2ccccc2)CC1. The Hall–Kier alpha value is -1.55. The average Bonchev–Trinajstić information content (AvgIpc) is 2.47. The fourth-order valence-corrected chi connectivity index (χ4v) is 2.72. The molecule has 1 atom stereocenters. The number of benzene rings is 1. The van der Waals surface area contributed by atoms with E-state index in [0.29, 0.717) is 12.5 Å². The van der Waals surface area contributed by atoms with E-state index in [1.165, 1.54) is 0 Å². The van der Waals surface area contributed by atoms with Gasteiger partial charge in [-0.3, -0.25) is 0 Å². The van der Waals surface area contributed by atoms with Gasteiger partial charge in [0.2, 0.25) is 0 Å². The number of nitrogens with two attached hydrogens (primary N) is 1. The van der Waals surface area contributed by atoms with Crippen molar-refractivity contribution >= 4 is 6.09 Å². The first-order valence-electron chi connectivity index (χ1n) is 7.38. The molecule has 1 aromatic rings. The molecule has 3 N–H and O–H groups in total. The molecule has 0 radical (unpaired) electrons. The molecule has 1 aliphatic carbocycles. The molecule has 1 fully saturated rings. The highest BCUT2D eigenvalue weighted by Crippen LogP contribution is 2.26. The van der Waals surface area contributed by atoms with E-state index < -0.39 is 0 Å². The lowest BCUT2D eigenvalue weighted by Gasteiger charge is -2.30. The summed E-state index contributed by atoms with van der Waals surface area (Å²) in [4.78, 5) is 11.7. The van der Waals surface area contributed by atoms with Gasteiger partial charge >= 0.3 is 6.09 Å². The molecule has 0 unspecified atom stereocenters. The van der Waals surface area contributed by atoms with Gasteiger partial charge in [-0.05, 0) is 44.1 Å². The lowest BCUT2D eigenvalue weighted by molar-refractivity contribution is 0.130. The van der Waals surface area contributed by atoms with Gasteiger partial charge in [-0.2, -0.15) is 0 Å². The van der Waals surface area contributed by atoms with E-state index in [2.05, 4.69) is 12.2 Å². The molecule has 0 saturated heterocycles. The van der Waals surface area contributed by atoms with Crippen LogP contribution in [0, 0.1) is 5.92 Å². The number of hydrogen-bond donors (Lipinski definition) is 2. The number of amides is 1. The van der Waals surface area contributed by atoms with Crippen molar-refractivity contribution in [3.8, 4) is 0 Å². The van der Waals surface area contributed by atoms with Crippen LogP contribution in [0.3, 0.4) is 0 Å². The number of ether oxygens (including phenoxy) is 1. The Labute approximate surface area is 120 Å². The standard InChI is InChI=1S/C16H24N2O2/c1-12(17)14-7-9-15(10-8-14)18-16(19)20-11-13-5-3-2-4-6-13/h2-6,12,14-15H,7-11,17H2,1H3,(H,18,19)/t12-,14?,15?/m1/s1. The van der Waals surface area contributed by atoms with E-state index in [4.69, 9.17) is 10.5 Å². The lowest BCUT2D eigenvalue weighted by atomic mass is 9.82. The van der Waals surface area contributed by atoms with Crippen LogP contribution >= 0.6 is 0 Å². The lowest BCUT2D eigenvalue weighted by Crippen LogP contribution is -2.40. The zero-order valence-electron chi connectivity index (χ0n) is 12.0. The molecule has 4 heteroatoms. The average molecular weight is 276 g/mol. The van der Waals surface area contributed by atoms with E-state index >= 15 is 0 Å². The zero-order valence-corrected chi connectivity index (χ0v) is 12.0. The third-order valence-corrected chi connectivity index (χ3v) is 4.05. The van der Waals surface area contributed by atoms with Gasteiger partial charge in [0, 0.05) is 12.1 Å². The van der Waals surface area contributed by atoms with Crippen LogP contribution in [0.25, 0.3) is 0 Å². The summed E-state index contributed by atoms with van der Waals surface area (Å²) in [5.41, 5.74) is 6.92. The van der Waals surface area contributed by atoms with E-state index in [9.17, 15) is 4.79 Å². The predicted molar refractivity (Wildman–Crippen MR) is 79.2 cm³/mol. The van der Waals surface area contributed by atoms with Crippen LogP contribution < -0.4 is 11.1 Å². The third-order valence-electron chi connectivity index (χ3n) is 4.05. The van der Waals surface area contributed by atoms with Crippen LogP contribution in [0.4, 0.5) is 4.79 Å². The van der Waals surface area contributed by atoms with Gasteiger partial charge in [-0.25, -0.2) is 4.79 Å². The molecule has 1 amide bonds. The second-order valence-corrected chi connectivity index (χ2v) is 5.68. The zero-order chi connectivity index (χ0) is 14.4. The van der Waals surface area contributed by atoms with Gasteiger partial charge in [0.25, 0.3) is 0 Å². The Balaban J connectivity index is 1.68. The summed E-state index contributed by atoms with van der Waals surface area (Å²) in [7, 11) is 0. The summed E-state index contributed by atoms with van der Waals surface area (Å²) in [6.07, 6.45) is 3.83. The van der Waals surface area contributed by atoms with Crippen molar-refractivity contribution in [1.29, 1.82) is 0 Å². The first kappa shape index (κ1) is 14.9. The van der Waals surface area contributed by atoms with E-state index in [0.717, 1.165) is 31.2 Å². The van der Waals surface area contributed by atoms with E-state index in [1.54, 1.807) is 0 Å². The molecule has 110 valence electrons. The minimum Gasteiger partial charge on any atom is -0.445 e. The highest BCUT2D eigenvalue weighted by atomic mass is 16.5. The normalized spacial score (nSPS) is 23.9. The Morgan fingerprint density at radius 2 is 1.95 bits per heavy atom. The number of carbonyl (C=O) groups excluding carboxylic acids is 1. The van der Waals surface area contributed by atoms with Crippen molar-refractivity contribution in [1.82, 2.24) is 5.32 Å². The van der Waals surface area contributed by atoms with Gasteiger partial charge in [-0.1, -0.05) is 30.3 Å². The molecule has 0 aromatic heterocycles. The molecule has 0 aliphatic heterocycles. The fourth-order valence-electron chi connectivity index (χ4n) is 2.72. The summed E-state index contributed by atoms with van der Waals surface area (Å²) in [6, 6.07) is 10.2. The summed E-state index contributed by atoms with van der Waals surface area (Å²) >= 11 is 0. The number of alkyl carbamates (subject to hydrolysis) is 1. The monoisotopic (exact) mass is 276 g/mol. The van der Waals surface area contributed by atoms with Crippen molar-refractivity contribution in [2.45, 2.75) is 51.3 Å². The second-order valence-electron chi connectivity index (χ2n) is 5.68. The Morgan fingerprint density at radius 1 is 1.30 bits per heavy atom. The molecule has 0 bridgehead atoms. The van der Waals surface area contributed by atoms with Crippen LogP contribution in [0.2, 0.25) is 0 Å². The molecule has 0 spiro atoms. The third kappa shape index (κ3) is 4.53. The van der Waals surface area contributed by atoms with E-state index in [-0.39, 0.29) is 18.2 Å². The second kappa shape index (κ2) is 7.29. The van der Waals surface area contributed by atoms with E-state index in [1.807, 2.05) is 30.3 Å². The summed E-state index contributed by atoms with van der Waals surface area (Å²) < 4.78 is 5.23. The Morgan fingerprint density at radius 3 is 2.55 bits per heavy atom. The highest BCUT2D eigenvalue weighted by molar-refractivity contribution is 5.67. The summed E-state index contributed by atoms with van der Waals surface area (Å²) in [5.74, 6) is 0.591. The van der Waals surface area contributed by atoms with Crippen molar-refractivity contribution in [3.63, 3.8) is 0 Å². The number of nitrogens with one attached hydrogen (secondary N) is 1. The largest absolute Gasteiger partial charge is 0.445 e. The van der Waals surface area contributed by atoms with Gasteiger partial charge in [0.15, 0.2) is 0 Å². The van der Waals surface area contributed by atoms with Crippen LogP contribution in [0.1, 0.15) is 38.2 Å². The quantitative estimate of drug-likeness (QED) is 0.888. The molecular weight excluding hydrogens is 252 g/mol. The number of carbonyl (C=O) groups is 1. The first-order chi connectivity index (χ1) is 9.65. The molecule has 0 heterocycles. The van der Waals surface area contributed by atoms with Crippen molar-refractivity contribution < 1.29 is 9.53 Å². The molecule has 1 saturated carbocycles. The maximum Gasteiger partial charge on any atom is 0.407 e. The highest BCUT2D eigenvalue weighted by Gasteiger charge is 2.24. The van der Waals surface area contributed by atoms with Crippen LogP contribution in [0.5, 0.6) is 0 Å². The maximum atomic E-state index is 11.7. The van der Waals surface area contributed by atoms with Crippen molar-refractivity contribution in [2.24, 2.45) is 11.7 Å². The molecule has 1 aliphatic rings. The van der Waals surface area contributed by atoms with Crippen LogP contribution in [-0.2, 0) is 11.3 Å². The molecule has 20 heavy (non-hydrogen) atoms. The summed E-state index contributed by atoms with van der Waals surface area (Å²) in [5, 5.41) is 2.95. The number of hydrogen-bond acceptors (Lipinski definition) is 3. The first-order valence-corrected chi connectivity index (χ1v) is 7.38. The smallest absolute Gasteiger partial charge is 0.407 e. The topological polar surface area (TPSA) is 64.3 Å². The fraction of sp³-hybridized carbons (Fsp3) is 0.562. The molecule has 2 rings (SSSR count). The van der Waals surface area contributed by atoms with Gasteiger partial charge in [0.1, 0.15) is 6.61 Å². The van der Waals surface area contributed by atoms with Crippen molar-refractivity contribution in [3.05, 3.63) is 35.9 Å². The van der Waals surface area contributed by atoms with Gasteiger partial charge in [-0.15, -0.1) is 0 Å². The maximum absolute atomic E-state index is 11.7.